The fourth-order valence-corrected chi connectivity index (χ4v) is 1.32. The summed E-state index contributed by atoms with van der Waals surface area (Å²) in [5.74, 6) is -0.575. The lowest BCUT2D eigenvalue weighted by Gasteiger charge is -2.18. The Bertz CT molecular complexity index is 337. The van der Waals surface area contributed by atoms with E-state index in [1.54, 1.807) is 19.1 Å². The molecule has 82 valence electrons. The maximum absolute atomic E-state index is 12.6. The molecule has 2 atom stereocenters. The fraction of sp³-hybridized carbons (Fsp3) is 0.364. The zero-order chi connectivity index (χ0) is 11.4. The number of benzene rings is 1. The van der Waals surface area contributed by atoms with Crippen molar-refractivity contribution in [1.82, 2.24) is 0 Å². The molecule has 0 aliphatic rings. The molecule has 0 saturated carbocycles. The molecule has 0 saturated heterocycles. The average Bonchev–Trinajstić information content (AvgIpc) is 2.20. The Balaban J connectivity index is 2.62. The standard InChI is InChI=1S/C11H15FN2O/c1-8(11(13)15)14(2)7-9-3-5-10(12)6-4-9/h3-6,8H,7H2,1-2H3,(H2,13,15)/p+1/t8-/m1/s1. The Hall–Kier alpha value is -1.42. The summed E-state index contributed by atoms with van der Waals surface area (Å²) in [6.45, 7) is 2.44. The third-order valence-corrected chi connectivity index (χ3v) is 2.56. The monoisotopic (exact) mass is 211 g/mol. The van der Waals surface area contributed by atoms with Crippen molar-refractivity contribution in [2.45, 2.75) is 19.5 Å². The molecule has 0 aliphatic heterocycles. The van der Waals surface area contributed by atoms with Gasteiger partial charge in [-0.1, -0.05) is 12.1 Å². The predicted octanol–water partition coefficient (Wildman–Crippen LogP) is -0.286. The second kappa shape index (κ2) is 4.89. The van der Waals surface area contributed by atoms with Gasteiger partial charge in [-0.15, -0.1) is 0 Å². The van der Waals surface area contributed by atoms with Crippen molar-refractivity contribution >= 4 is 5.91 Å². The highest BCUT2D eigenvalue weighted by Gasteiger charge is 2.18. The Morgan fingerprint density at radius 2 is 2.00 bits per heavy atom. The number of likely N-dealkylation sites (N-methyl/N-ethyl adjacent to an activating group) is 1. The molecule has 0 bridgehead atoms. The highest BCUT2D eigenvalue weighted by Crippen LogP contribution is 2.00. The number of hydrogen-bond donors (Lipinski definition) is 2. The van der Waals surface area contributed by atoms with Gasteiger partial charge in [-0.3, -0.25) is 4.79 Å². The Kier molecular flexibility index (Phi) is 3.80. The molecule has 15 heavy (non-hydrogen) atoms. The van der Waals surface area contributed by atoms with E-state index in [1.165, 1.54) is 12.1 Å². The summed E-state index contributed by atoms with van der Waals surface area (Å²) in [5.41, 5.74) is 6.18. The molecule has 1 aromatic rings. The summed E-state index contributed by atoms with van der Waals surface area (Å²) in [7, 11) is 1.89. The molecular weight excluding hydrogens is 195 g/mol. The number of nitrogens with two attached hydrogens (primary N) is 1. The maximum Gasteiger partial charge on any atom is 0.275 e. The molecule has 0 heterocycles. The van der Waals surface area contributed by atoms with E-state index < -0.39 is 0 Å². The van der Waals surface area contributed by atoms with E-state index in [9.17, 15) is 9.18 Å². The number of hydrogen-bond acceptors (Lipinski definition) is 1. The Morgan fingerprint density at radius 1 is 1.47 bits per heavy atom. The van der Waals surface area contributed by atoms with Gasteiger partial charge in [-0.05, 0) is 19.1 Å². The van der Waals surface area contributed by atoms with Crippen LogP contribution >= 0.6 is 0 Å². The minimum Gasteiger partial charge on any atom is -0.365 e. The first-order valence-electron chi connectivity index (χ1n) is 4.86. The van der Waals surface area contributed by atoms with Crippen LogP contribution in [0.5, 0.6) is 0 Å². The molecule has 1 aromatic carbocycles. The summed E-state index contributed by atoms with van der Waals surface area (Å²) in [6, 6.07) is 6.02. The fourth-order valence-electron chi connectivity index (χ4n) is 1.32. The summed E-state index contributed by atoms with van der Waals surface area (Å²) >= 11 is 0. The molecule has 1 unspecified atom stereocenters. The lowest BCUT2D eigenvalue weighted by atomic mass is 10.2. The van der Waals surface area contributed by atoms with Crippen LogP contribution < -0.4 is 10.6 Å². The molecule has 3 N–H and O–H groups in total. The maximum atomic E-state index is 12.6. The second-order valence-corrected chi connectivity index (χ2v) is 3.77. The third-order valence-electron chi connectivity index (χ3n) is 2.56. The first kappa shape index (κ1) is 11.7. The predicted molar refractivity (Wildman–Crippen MR) is 55.6 cm³/mol. The number of carbonyl (C=O) groups excluding carboxylic acids is 1. The van der Waals surface area contributed by atoms with Gasteiger partial charge in [-0.2, -0.15) is 0 Å². The highest BCUT2D eigenvalue weighted by molar-refractivity contribution is 5.77. The third kappa shape index (κ3) is 3.32. The lowest BCUT2D eigenvalue weighted by Crippen LogP contribution is -3.12. The molecule has 4 heteroatoms. The molecule has 1 rings (SSSR count). The number of rotatable bonds is 4. The number of quaternary nitrogens is 1. The minimum absolute atomic E-state index is 0.241. The summed E-state index contributed by atoms with van der Waals surface area (Å²) in [4.78, 5) is 11.9. The van der Waals surface area contributed by atoms with Gasteiger partial charge in [-0.25, -0.2) is 4.39 Å². The quantitative estimate of drug-likeness (QED) is 0.706. The van der Waals surface area contributed by atoms with Crippen molar-refractivity contribution in [3.8, 4) is 0 Å². The van der Waals surface area contributed by atoms with E-state index in [2.05, 4.69) is 0 Å². The van der Waals surface area contributed by atoms with Crippen LogP contribution in [0.3, 0.4) is 0 Å². The van der Waals surface area contributed by atoms with Crippen LogP contribution in [-0.4, -0.2) is 19.0 Å². The van der Waals surface area contributed by atoms with Crippen molar-refractivity contribution in [2.75, 3.05) is 7.05 Å². The zero-order valence-corrected chi connectivity index (χ0v) is 8.96. The molecule has 3 nitrogen and oxygen atoms in total. The van der Waals surface area contributed by atoms with Crippen LogP contribution in [0, 0.1) is 5.82 Å². The first-order chi connectivity index (χ1) is 7.00. The number of primary amides is 1. The van der Waals surface area contributed by atoms with Crippen LogP contribution in [0.2, 0.25) is 0 Å². The first-order valence-corrected chi connectivity index (χ1v) is 4.86. The molecule has 1 amide bonds. The number of halogens is 1. The van der Waals surface area contributed by atoms with Crippen molar-refractivity contribution in [3.05, 3.63) is 35.6 Å². The largest absolute Gasteiger partial charge is 0.365 e. The number of carbonyl (C=O) groups is 1. The Labute approximate surface area is 88.7 Å². The van der Waals surface area contributed by atoms with Crippen LogP contribution in [0.25, 0.3) is 0 Å². The van der Waals surface area contributed by atoms with Gasteiger partial charge in [0.15, 0.2) is 6.04 Å². The summed E-state index contributed by atoms with van der Waals surface area (Å²) in [6.07, 6.45) is 0. The molecular formula is C11H16FN2O+. The minimum atomic E-state index is -0.324. The van der Waals surface area contributed by atoms with Gasteiger partial charge in [0.25, 0.3) is 5.91 Å². The van der Waals surface area contributed by atoms with Gasteiger partial charge in [0.2, 0.25) is 0 Å². The van der Waals surface area contributed by atoms with E-state index in [1.807, 2.05) is 7.05 Å². The molecule has 0 fully saturated rings. The number of nitrogens with one attached hydrogen (secondary N) is 1. The average molecular weight is 211 g/mol. The second-order valence-electron chi connectivity index (χ2n) is 3.77. The zero-order valence-electron chi connectivity index (χ0n) is 8.96. The van der Waals surface area contributed by atoms with Gasteiger partial charge in [0, 0.05) is 5.56 Å². The molecule has 0 spiro atoms. The molecule has 0 aromatic heterocycles. The van der Waals surface area contributed by atoms with E-state index >= 15 is 0 Å². The van der Waals surface area contributed by atoms with Gasteiger partial charge in [0.05, 0.1) is 7.05 Å². The van der Waals surface area contributed by atoms with E-state index in [0.29, 0.717) is 6.54 Å². The highest BCUT2D eigenvalue weighted by atomic mass is 19.1. The lowest BCUT2D eigenvalue weighted by molar-refractivity contribution is -0.908. The van der Waals surface area contributed by atoms with Gasteiger partial charge < -0.3 is 10.6 Å². The molecule has 0 radical (unpaired) electrons. The van der Waals surface area contributed by atoms with Crippen LogP contribution in [-0.2, 0) is 11.3 Å². The summed E-state index contributed by atoms with van der Waals surface area (Å²) in [5, 5.41) is 0. The van der Waals surface area contributed by atoms with E-state index in [-0.39, 0.29) is 17.8 Å². The van der Waals surface area contributed by atoms with Crippen molar-refractivity contribution < 1.29 is 14.1 Å². The van der Waals surface area contributed by atoms with Crippen molar-refractivity contribution in [1.29, 1.82) is 0 Å². The van der Waals surface area contributed by atoms with Crippen LogP contribution in [0.1, 0.15) is 12.5 Å². The Morgan fingerprint density at radius 3 is 2.47 bits per heavy atom. The van der Waals surface area contributed by atoms with E-state index in [4.69, 9.17) is 5.73 Å². The smallest absolute Gasteiger partial charge is 0.275 e. The van der Waals surface area contributed by atoms with Crippen LogP contribution in [0.4, 0.5) is 4.39 Å². The summed E-state index contributed by atoms with van der Waals surface area (Å²) < 4.78 is 12.6. The van der Waals surface area contributed by atoms with Gasteiger partial charge >= 0.3 is 0 Å². The molecule has 0 aliphatic carbocycles. The normalized spacial score (nSPS) is 14.6. The van der Waals surface area contributed by atoms with E-state index in [0.717, 1.165) is 10.5 Å². The van der Waals surface area contributed by atoms with Crippen molar-refractivity contribution in [2.24, 2.45) is 5.73 Å². The SMILES string of the molecule is C[C@H](C(N)=O)[NH+](C)Cc1ccc(F)cc1. The topological polar surface area (TPSA) is 47.5 Å². The van der Waals surface area contributed by atoms with Gasteiger partial charge in [0.1, 0.15) is 12.4 Å². The van der Waals surface area contributed by atoms with Crippen molar-refractivity contribution in [3.63, 3.8) is 0 Å². The number of amides is 1. The van der Waals surface area contributed by atoms with Crippen LogP contribution in [0.15, 0.2) is 24.3 Å².